The molecule has 1 aromatic heterocycles. The molecule has 0 saturated carbocycles. The Morgan fingerprint density at radius 3 is 2.91 bits per heavy atom. The molecule has 0 aliphatic carbocycles. The Labute approximate surface area is 139 Å². The van der Waals surface area contributed by atoms with Gasteiger partial charge in [-0.3, -0.25) is 4.79 Å². The van der Waals surface area contributed by atoms with Crippen LogP contribution in [-0.2, 0) is 17.8 Å². The van der Waals surface area contributed by atoms with Crippen molar-refractivity contribution in [1.82, 2.24) is 10.3 Å². The predicted octanol–water partition coefficient (Wildman–Crippen LogP) is 3.22. The molecule has 23 heavy (non-hydrogen) atoms. The van der Waals surface area contributed by atoms with Crippen molar-refractivity contribution in [2.45, 2.75) is 39.3 Å². The SMILES string of the molecule is CC(C)Cc1ncc(CNC(=O)CC(O)c2cccc(F)c2)s1. The van der Waals surface area contributed by atoms with Crippen LogP contribution in [0.4, 0.5) is 4.39 Å². The van der Waals surface area contributed by atoms with Crippen LogP contribution in [0.25, 0.3) is 0 Å². The summed E-state index contributed by atoms with van der Waals surface area (Å²) >= 11 is 1.58. The highest BCUT2D eigenvalue weighted by molar-refractivity contribution is 7.11. The van der Waals surface area contributed by atoms with Crippen molar-refractivity contribution in [2.75, 3.05) is 0 Å². The first-order valence-electron chi connectivity index (χ1n) is 7.58. The molecule has 2 rings (SSSR count). The number of hydrogen-bond acceptors (Lipinski definition) is 4. The number of aliphatic hydroxyl groups is 1. The molecule has 2 aromatic rings. The number of amides is 1. The second-order valence-electron chi connectivity index (χ2n) is 5.87. The molecule has 6 heteroatoms. The van der Waals surface area contributed by atoms with Gasteiger partial charge in [0.2, 0.25) is 5.91 Å². The molecule has 1 unspecified atom stereocenters. The molecule has 0 spiro atoms. The number of carbonyl (C=O) groups is 1. The quantitative estimate of drug-likeness (QED) is 0.816. The minimum Gasteiger partial charge on any atom is -0.388 e. The first-order chi connectivity index (χ1) is 10.9. The van der Waals surface area contributed by atoms with Crippen LogP contribution >= 0.6 is 11.3 Å². The van der Waals surface area contributed by atoms with E-state index in [1.165, 1.54) is 18.2 Å². The van der Waals surface area contributed by atoms with E-state index in [2.05, 4.69) is 24.1 Å². The molecule has 0 radical (unpaired) electrons. The topological polar surface area (TPSA) is 62.2 Å². The Morgan fingerprint density at radius 1 is 1.43 bits per heavy atom. The van der Waals surface area contributed by atoms with E-state index >= 15 is 0 Å². The molecular formula is C17H21FN2O2S. The Morgan fingerprint density at radius 2 is 2.22 bits per heavy atom. The first kappa shape index (κ1) is 17.6. The monoisotopic (exact) mass is 336 g/mol. The number of halogens is 1. The normalized spacial score (nSPS) is 12.4. The zero-order valence-corrected chi connectivity index (χ0v) is 14.1. The molecule has 0 aliphatic heterocycles. The summed E-state index contributed by atoms with van der Waals surface area (Å²) in [6.45, 7) is 4.66. The van der Waals surface area contributed by atoms with Crippen molar-refractivity contribution in [3.8, 4) is 0 Å². The maximum atomic E-state index is 13.1. The van der Waals surface area contributed by atoms with Gasteiger partial charge < -0.3 is 10.4 Å². The smallest absolute Gasteiger partial charge is 0.223 e. The number of nitrogens with one attached hydrogen (secondary N) is 1. The van der Waals surface area contributed by atoms with E-state index in [1.807, 2.05) is 0 Å². The Balaban J connectivity index is 1.81. The molecule has 4 nitrogen and oxygen atoms in total. The van der Waals surface area contributed by atoms with Gasteiger partial charge in [-0.1, -0.05) is 26.0 Å². The summed E-state index contributed by atoms with van der Waals surface area (Å²) in [6.07, 6.45) is 1.59. The van der Waals surface area contributed by atoms with Gasteiger partial charge in [-0.2, -0.15) is 0 Å². The third-order valence-electron chi connectivity index (χ3n) is 3.26. The van der Waals surface area contributed by atoms with Crippen molar-refractivity contribution in [1.29, 1.82) is 0 Å². The van der Waals surface area contributed by atoms with Gasteiger partial charge in [0, 0.05) is 17.5 Å². The van der Waals surface area contributed by atoms with Crippen LogP contribution in [0.2, 0.25) is 0 Å². The number of thiazole rings is 1. The van der Waals surface area contributed by atoms with Crippen LogP contribution in [0.5, 0.6) is 0 Å². The van der Waals surface area contributed by atoms with E-state index in [0.717, 1.165) is 16.3 Å². The fraction of sp³-hybridized carbons (Fsp3) is 0.412. The highest BCUT2D eigenvalue weighted by atomic mass is 32.1. The second kappa shape index (κ2) is 8.17. The molecule has 1 amide bonds. The number of rotatable bonds is 7. The van der Waals surface area contributed by atoms with E-state index in [-0.39, 0.29) is 12.3 Å². The van der Waals surface area contributed by atoms with Gasteiger partial charge in [-0.25, -0.2) is 9.37 Å². The Bertz CT molecular complexity index is 658. The lowest BCUT2D eigenvalue weighted by molar-refractivity contribution is -0.123. The predicted molar refractivity (Wildman–Crippen MR) is 88.5 cm³/mol. The molecule has 124 valence electrons. The largest absolute Gasteiger partial charge is 0.388 e. The molecule has 0 aliphatic rings. The van der Waals surface area contributed by atoms with Crippen LogP contribution in [0.3, 0.4) is 0 Å². The number of aromatic nitrogens is 1. The summed E-state index contributed by atoms with van der Waals surface area (Å²) in [4.78, 5) is 17.2. The van der Waals surface area contributed by atoms with Crippen LogP contribution in [0, 0.1) is 11.7 Å². The van der Waals surface area contributed by atoms with Gasteiger partial charge in [0.15, 0.2) is 0 Å². The number of carbonyl (C=O) groups excluding carboxylic acids is 1. The summed E-state index contributed by atoms with van der Waals surface area (Å²) < 4.78 is 13.1. The highest BCUT2D eigenvalue weighted by Crippen LogP contribution is 2.18. The summed E-state index contributed by atoms with van der Waals surface area (Å²) in [5.74, 6) is -0.158. The van der Waals surface area contributed by atoms with Crippen molar-refractivity contribution in [3.05, 3.63) is 51.7 Å². The van der Waals surface area contributed by atoms with Crippen LogP contribution in [0.1, 0.15) is 41.8 Å². The Kier molecular flexibility index (Phi) is 6.24. The van der Waals surface area contributed by atoms with E-state index in [4.69, 9.17) is 0 Å². The van der Waals surface area contributed by atoms with Gasteiger partial charge in [-0.15, -0.1) is 11.3 Å². The molecule has 0 bridgehead atoms. The van der Waals surface area contributed by atoms with Crippen LogP contribution in [-0.4, -0.2) is 16.0 Å². The minimum absolute atomic E-state index is 0.0961. The van der Waals surface area contributed by atoms with Gasteiger partial charge in [0.25, 0.3) is 0 Å². The highest BCUT2D eigenvalue weighted by Gasteiger charge is 2.14. The van der Waals surface area contributed by atoms with Crippen molar-refractivity contribution in [3.63, 3.8) is 0 Å². The van der Waals surface area contributed by atoms with Gasteiger partial charge in [0.05, 0.1) is 24.1 Å². The van der Waals surface area contributed by atoms with Gasteiger partial charge >= 0.3 is 0 Å². The number of nitrogens with zero attached hydrogens (tertiary/aromatic N) is 1. The second-order valence-corrected chi connectivity index (χ2v) is 7.07. The third-order valence-corrected chi connectivity index (χ3v) is 4.28. The minimum atomic E-state index is -1.01. The fourth-order valence-corrected chi connectivity index (χ4v) is 3.21. The molecule has 0 fully saturated rings. The lowest BCUT2D eigenvalue weighted by Crippen LogP contribution is -2.24. The molecule has 2 N–H and O–H groups in total. The molecular weight excluding hydrogens is 315 g/mol. The zero-order valence-electron chi connectivity index (χ0n) is 13.3. The van der Waals surface area contributed by atoms with Gasteiger partial charge in [0.1, 0.15) is 5.82 Å². The van der Waals surface area contributed by atoms with E-state index in [9.17, 15) is 14.3 Å². The maximum absolute atomic E-state index is 13.1. The first-order valence-corrected chi connectivity index (χ1v) is 8.39. The number of hydrogen-bond donors (Lipinski definition) is 2. The summed E-state index contributed by atoms with van der Waals surface area (Å²) in [6, 6.07) is 5.65. The molecule has 0 saturated heterocycles. The Hall–Kier alpha value is -1.79. The molecule has 1 atom stereocenters. The van der Waals surface area contributed by atoms with Crippen molar-refractivity contribution in [2.24, 2.45) is 5.92 Å². The standard InChI is InChI=1S/C17H21FN2O2S/c1-11(2)6-17-20-10-14(23-17)9-19-16(22)8-15(21)12-4-3-5-13(18)7-12/h3-5,7,10-11,15,21H,6,8-9H2,1-2H3,(H,19,22). The summed E-state index contributed by atoms with van der Waals surface area (Å²) in [7, 11) is 0. The average Bonchev–Trinajstić information content (AvgIpc) is 2.92. The zero-order chi connectivity index (χ0) is 16.8. The van der Waals surface area contributed by atoms with E-state index < -0.39 is 11.9 Å². The maximum Gasteiger partial charge on any atom is 0.223 e. The van der Waals surface area contributed by atoms with Crippen LogP contribution in [0.15, 0.2) is 30.5 Å². The number of benzene rings is 1. The van der Waals surface area contributed by atoms with E-state index in [0.29, 0.717) is 18.0 Å². The van der Waals surface area contributed by atoms with E-state index in [1.54, 1.807) is 23.6 Å². The summed E-state index contributed by atoms with van der Waals surface area (Å²) in [5, 5.41) is 13.8. The molecule has 1 aromatic carbocycles. The summed E-state index contributed by atoms with van der Waals surface area (Å²) in [5.41, 5.74) is 0.400. The van der Waals surface area contributed by atoms with Gasteiger partial charge in [-0.05, 0) is 23.6 Å². The fourth-order valence-electron chi connectivity index (χ4n) is 2.14. The lowest BCUT2D eigenvalue weighted by Gasteiger charge is -2.11. The lowest BCUT2D eigenvalue weighted by atomic mass is 10.1. The third kappa shape index (κ3) is 5.73. The van der Waals surface area contributed by atoms with Crippen LogP contribution < -0.4 is 5.32 Å². The average molecular weight is 336 g/mol. The molecule has 1 heterocycles. The van der Waals surface area contributed by atoms with Crippen molar-refractivity contribution < 1.29 is 14.3 Å². The number of aliphatic hydroxyl groups excluding tert-OH is 1. The van der Waals surface area contributed by atoms with Crippen molar-refractivity contribution >= 4 is 17.2 Å².